The second kappa shape index (κ2) is 6.64. The highest BCUT2D eigenvalue weighted by molar-refractivity contribution is 7.99. The molecule has 3 heteroatoms. The molecule has 0 aliphatic heterocycles. The number of thioether (sulfide) groups is 1. The van der Waals surface area contributed by atoms with Gasteiger partial charge in [-0.1, -0.05) is 25.1 Å². The third kappa shape index (κ3) is 3.68. The van der Waals surface area contributed by atoms with Crippen molar-refractivity contribution in [3.05, 3.63) is 29.8 Å². The number of carbonyl (C=O) groups is 1. The molecule has 2 nitrogen and oxygen atoms in total. The van der Waals surface area contributed by atoms with Crippen LogP contribution in [-0.4, -0.2) is 23.2 Å². The van der Waals surface area contributed by atoms with E-state index in [1.54, 1.807) is 11.8 Å². The van der Waals surface area contributed by atoms with Crippen molar-refractivity contribution in [2.75, 3.05) is 12.4 Å². The van der Waals surface area contributed by atoms with E-state index in [9.17, 15) is 4.79 Å². The molecule has 0 aliphatic carbocycles. The minimum absolute atomic E-state index is 0.182. The third-order valence-corrected chi connectivity index (χ3v) is 3.23. The molecular formula is C12H16O2S. The van der Waals surface area contributed by atoms with Crippen LogP contribution in [0, 0.1) is 0 Å². The molecule has 82 valence electrons. The van der Waals surface area contributed by atoms with Gasteiger partial charge in [0.15, 0.2) is 5.78 Å². The number of aliphatic hydroxyl groups is 1. The Bertz CT molecular complexity index is 323. The summed E-state index contributed by atoms with van der Waals surface area (Å²) < 4.78 is 0. The molecule has 0 atom stereocenters. The molecule has 0 aliphatic rings. The van der Waals surface area contributed by atoms with Crippen molar-refractivity contribution in [1.82, 2.24) is 0 Å². The monoisotopic (exact) mass is 224 g/mol. The van der Waals surface area contributed by atoms with Crippen LogP contribution in [0.3, 0.4) is 0 Å². The Morgan fingerprint density at radius 2 is 2.13 bits per heavy atom. The SMILES string of the molecule is CCC(=O)c1ccccc1SCCCO. The van der Waals surface area contributed by atoms with E-state index >= 15 is 0 Å². The molecule has 1 rings (SSSR count). The van der Waals surface area contributed by atoms with E-state index in [-0.39, 0.29) is 12.4 Å². The highest BCUT2D eigenvalue weighted by atomic mass is 32.2. The molecule has 0 spiro atoms. The first-order valence-corrected chi connectivity index (χ1v) is 6.14. The van der Waals surface area contributed by atoms with E-state index in [4.69, 9.17) is 5.11 Å². The zero-order valence-corrected chi connectivity index (χ0v) is 9.72. The zero-order valence-electron chi connectivity index (χ0n) is 8.90. The molecule has 15 heavy (non-hydrogen) atoms. The van der Waals surface area contributed by atoms with Crippen LogP contribution in [0.2, 0.25) is 0 Å². The molecule has 0 bridgehead atoms. The minimum atomic E-state index is 0.182. The van der Waals surface area contributed by atoms with Crippen LogP contribution in [-0.2, 0) is 0 Å². The highest BCUT2D eigenvalue weighted by Gasteiger charge is 2.08. The minimum Gasteiger partial charge on any atom is -0.396 e. The van der Waals surface area contributed by atoms with Gasteiger partial charge in [0.25, 0.3) is 0 Å². The van der Waals surface area contributed by atoms with Crippen molar-refractivity contribution in [1.29, 1.82) is 0 Å². The number of carbonyl (C=O) groups excluding carboxylic acids is 1. The predicted molar refractivity (Wildman–Crippen MR) is 63.5 cm³/mol. The smallest absolute Gasteiger partial charge is 0.163 e. The number of hydrogen-bond donors (Lipinski definition) is 1. The molecule has 0 fully saturated rings. The summed E-state index contributed by atoms with van der Waals surface area (Å²) in [5, 5.41) is 8.69. The van der Waals surface area contributed by atoms with Crippen molar-refractivity contribution < 1.29 is 9.90 Å². The summed E-state index contributed by atoms with van der Waals surface area (Å²) in [7, 11) is 0. The molecular weight excluding hydrogens is 208 g/mol. The molecule has 0 aromatic heterocycles. The van der Waals surface area contributed by atoms with Crippen LogP contribution in [0.1, 0.15) is 30.1 Å². The van der Waals surface area contributed by atoms with Gasteiger partial charge in [0.1, 0.15) is 0 Å². The van der Waals surface area contributed by atoms with Crippen molar-refractivity contribution in [2.45, 2.75) is 24.7 Å². The Labute approximate surface area is 94.7 Å². The lowest BCUT2D eigenvalue weighted by Gasteiger charge is -2.06. The lowest BCUT2D eigenvalue weighted by Crippen LogP contribution is -1.99. The second-order valence-electron chi connectivity index (χ2n) is 3.20. The maximum Gasteiger partial charge on any atom is 0.163 e. The average Bonchev–Trinajstić information content (AvgIpc) is 2.29. The van der Waals surface area contributed by atoms with Crippen molar-refractivity contribution in [3.8, 4) is 0 Å². The summed E-state index contributed by atoms with van der Waals surface area (Å²) >= 11 is 1.63. The maximum absolute atomic E-state index is 11.6. The first-order valence-electron chi connectivity index (χ1n) is 5.15. The van der Waals surface area contributed by atoms with Crippen LogP contribution >= 0.6 is 11.8 Å². The Morgan fingerprint density at radius 3 is 2.80 bits per heavy atom. The summed E-state index contributed by atoms with van der Waals surface area (Å²) in [6.07, 6.45) is 1.30. The second-order valence-corrected chi connectivity index (χ2v) is 4.34. The van der Waals surface area contributed by atoms with Crippen molar-refractivity contribution in [2.24, 2.45) is 0 Å². The number of benzene rings is 1. The van der Waals surface area contributed by atoms with Gasteiger partial charge in [0, 0.05) is 29.2 Å². The van der Waals surface area contributed by atoms with Crippen LogP contribution < -0.4 is 0 Å². The van der Waals surface area contributed by atoms with E-state index < -0.39 is 0 Å². The Kier molecular flexibility index (Phi) is 5.43. The number of hydrogen-bond acceptors (Lipinski definition) is 3. The quantitative estimate of drug-likeness (QED) is 0.458. The summed E-state index contributed by atoms with van der Waals surface area (Å²) in [6.45, 7) is 2.08. The van der Waals surface area contributed by atoms with Gasteiger partial charge >= 0.3 is 0 Å². The van der Waals surface area contributed by atoms with Gasteiger partial charge in [-0.3, -0.25) is 4.79 Å². The van der Waals surface area contributed by atoms with Crippen LogP contribution in [0.5, 0.6) is 0 Å². The van der Waals surface area contributed by atoms with E-state index in [1.165, 1.54) is 0 Å². The molecule has 0 saturated carbocycles. The highest BCUT2D eigenvalue weighted by Crippen LogP contribution is 2.24. The first-order chi connectivity index (χ1) is 7.29. The standard InChI is InChI=1S/C12H16O2S/c1-2-11(14)10-6-3-4-7-12(10)15-9-5-8-13/h3-4,6-7,13H,2,5,8-9H2,1H3. The lowest BCUT2D eigenvalue weighted by atomic mass is 10.1. The predicted octanol–water partition coefficient (Wildman–Crippen LogP) is 2.75. The van der Waals surface area contributed by atoms with Crippen molar-refractivity contribution in [3.63, 3.8) is 0 Å². The van der Waals surface area contributed by atoms with Gasteiger partial charge in [-0.15, -0.1) is 11.8 Å². The van der Waals surface area contributed by atoms with E-state index in [2.05, 4.69) is 0 Å². The number of rotatable bonds is 6. The third-order valence-electron chi connectivity index (χ3n) is 2.07. The molecule has 0 saturated heterocycles. The fourth-order valence-electron chi connectivity index (χ4n) is 1.26. The summed E-state index contributed by atoms with van der Waals surface area (Å²) in [6, 6.07) is 7.66. The van der Waals surface area contributed by atoms with Gasteiger partial charge in [-0.2, -0.15) is 0 Å². The van der Waals surface area contributed by atoms with Crippen LogP contribution in [0.4, 0.5) is 0 Å². The fourth-order valence-corrected chi connectivity index (χ4v) is 2.27. The largest absolute Gasteiger partial charge is 0.396 e. The number of aliphatic hydroxyl groups excluding tert-OH is 1. The van der Waals surface area contributed by atoms with Gasteiger partial charge in [0.2, 0.25) is 0 Å². The molecule has 0 unspecified atom stereocenters. The summed E-state index contributed by atoms with van der Waals surface area (Å²) in [5.74, 6) is 1.03. The van der Waals surface area contributed by atoms with Gasteiger partial charge < -0.3 is 5.11 Å². The Hall–Kier alpha value is -0.800. The van der Waals surface area contributed by atoms with Gasteiger partial charge in [-0.25, -0.2) is 0 Å². The van der Waals surface area contributed by atoms with Crippen molar-refractivity contribution >= 4 is 17.5 Å². The Balaban J connectivity index is 2.73. The van der Waals surface area contributed by atoms with Crippen LogP contribution in [0.15, 0.2) is 29.2 Å². The average molecular weight is 224 g/mol. The lowest BCUT2D eigenvalue weighted by molar-refractivity contribution is 0.0985. The first kappa shape index (κ1) is 12.3. The molecule has 1 N–H and O–H groups in total. The molecule has 1 aromatic carbocycles. The molecule has 0 amide bonds. The van der Waals surface area contributed by atoms with Crippen LogP contribution in [0.25, 0.3) is 0 Å². The molecule has 0 heterocycles. The summed E-state index contributed by atoms with van der Waals surface area (Å²) in [5.41, 5.74) is 0.808. The molecule has 1 aromatic rings. The summed E-state index contributed by atoms with van der Waals surface area (Å²) in [4.78, 5) is 12.6. The number of ketones is 1. The Morgan fingerprint density at radius 1 is 1.40 bits per heavy atom. The fraction of sp³-hybridized carbons (Fsp3) is 0.417. The van der Waals surface area contributed by atoms with Gasteiger partial charge in [-0.05, 0) is 12.5 Å². The van der Waals surface area contributed by atoms with E-state index in [0.29, 0.717) is 6.42 Å². The maximum atomic E-state index is 11.6. The number of Topliss-reactive ketones (excluding diaryl/α,β-unsaturated/α-hetero) is 1. The van der Waals surface area contributed by atoms with Gasteiger partial charge in [0.05, 0.1) is 0 Å². The zero-order chi connectivity index (χ0) is 11.1. The van der Waals surface area contributed by atoms with E-state index in [1.807, 2.05) is 31.2 Å². The topological polar surface area (TPSA) is 37.3 Å². The van der Waals surface area contributed by atoms with E-state index in [0.717, 1.165) is 22.6 Å². The molecule has 0 radical (unpaired) electrons. The normalized spacial score (nSPS) is 10.3.